The van der Waals surface area contributed by atoms with Gasteiger partial charge in [-0.2, -0.15) is 0 Å². The van der Waals surface area contributed by atoms with Crippen molar-refractivity contribution in [1.29, 1.82) is 0 Å². The maximum atomic E-state index is 10.7. The molecule has 12 heavy (non-hydrogen) atoms. The fourth-order valence-electron chi connectivity index (χ4n) is 0.785. The van der Waals surface area contributed by atoms with E-state index >= 15 is 0 Å². The zero-order valence-electron chi connectivity index (χ0n) is 7.33. The number of carbonyl (C=O) groups excluding carboxylic acids is 2. The number of primary amides is 2. The van der Waals surface area contributed by atoms with Gasteiger partial charge in [-0.1, -0.05) is 6.92 Å². The molecular weight excluding hydrogens is 158 g/mol. The van der Waals surface area contributed by atoms with E-state index in [2.05, 4.69) is 5.32 Å². The largest absolute Gasteiger partial charge is 0.368 e. The molecule has 0 aliphatic heterocycles. The molecule has 5 N–H and O–H groups in total. The topological polar surface area (TPSA) is 98.2 Å². The van der Waals surface area contributed by atoms with E-state index in [-0.39, 0.29) is 0 Å². The van der Waals surface area contributed by atoms with Crippen molar-refractivity contribution in [2.75, 3.05) is 0 Å². The lowest BCUT2D eigenvalue weighted by Gasteiger charge is -2.16. The van der Waals surface area contributed by atoms with Crippen LogP contribution in [0.5, 0.6) is 0 Å². The molecule has 0 radical (unpaired) electrons. The van der Waals surface area contributed by atoms with Crippen LogP contribution in [0.15, 0.2) is 0 Å². The minimum absolute atomic E-state index is 0.467. The van der Waals surface area contributed by atoms with Crippen molar-refractivity contribution in [3.8, 4) is 0 Å². The molecular formula is C7H15N3O2. The number of rotatable bonds is 5. The van der Waals surface area contributed by atoms with Gasteiger partial charge in [-0.15, -0.1) is 0 Å². The smallest absolute Gasteiger partial charge is 0.234 e. The van der Waals surface area contributed by atoms with Gasteiger partial charge in [-0.05, 0) is 13.3 Å². The van der Waals surface area contributed by atoms with E-state index in [1.54, 1.807) is 13.8 Å². The molecule has 2 unspecified atom stereocenters. The summed E-state index contributed by atoms with van der Waals surface area (Å²) in [6, 6.07) is -1.00. The Labute approximate surface area is 71.5 Å². The maximum Gasteiger partial charge on any atom is 0.234 e. The number of carbonyl (C=O) groups is 2. The molecule has 0 aromatic carbocycles. The van der Waals surface area contributed by atoms with Gasteiger partial charge in [-0.25, -0.2) is 0 Å². The molecule has 2 atom stereocenters. The summed E-state index contributed by atoms with van der Waals surface area (Å²) in [4.78, 5) is 21.3. The molecule has 0 aromatic heterocycles. The lowest BCUT2D eigenvalue weighted by atomic mass is 10.2. The predicted octanol–water partition coefficient (Wildman–Crippen LogP) is -1.29. The van der Waals surface area contributed by atoms with Crippen molar-refractivity contribution in [2.24, 2.45) is 11.5 Å². The molecule has 70 valence electrons. The van der Waals surface area contributed by atoms with Crippen LogP contribution < -0.4 is 16.8 Å². The third-order valence-corrected chi connectivity index (χ3v) is 1.63. The Morgan fingerprint density at radius 1 is 1.33 bits per heavy atom. The number of hydrogen-bond donors (Lipinski definition) is 3. The monoisotopic (exact) mass is 173 g/mol. The van der Waals surface area contributed by atoms with Gasteiger partial charge in [0, 0.05) is 0 Å². The van der Waals surface area contributed by atoms with Gasteiger partial charge >= 0.3 is 0 Å². The summed E-state index contributed by atoms with van der Waals surface area (Å²) in [6.07, 6.45) is 0.549. The molecule has 0 saturated heterocycles. The first-order valence-electron chi connectivity index (χ1n) is 3.83. The van der Waals surface area contributed by atoms with Crippen LogP contribution in [-0.2, 0) is 9.59 Å². The number of nitrogens with one attached hydrogen (secondary N) is 1. The van der Waals surface area contributed by atoms with Gasteiger partial charge in [0.2, 0.25) is 11.8 Å². The van der Waals surface area contributed by atoms with E-state index in [9.17, 15) is 9.59 Å². The third-order valence-electron chi connectivity index (χ3n) is 1.63. The Morgan fingerprint density at radius 3 is 2.08 bits per heavy atom. The Balaban J connectivity index is 4.02. The van der Waals surface area contributed by atoms with Crippen LogP contribution in [0.2, 0.25) is 0 Å². The van der Waals surface area contributed by atoms with Gasteiger partial charge in [0.05, 0.1) is 12.1 Å². The molecule has 0 rings (SSSR count). The first kappa shape index (κ1) is 10.9. The maximum absolute atomic E-state index is 10.7. The van der Waals surface area contributed by atoms with Crippen LogP contribution >= 0.6 is 0 Å². The normalized spacial score (nSPS) is 15.2. The van der Waals surface area contributed by atoms with E-state index < -0.39 is 23.9 Å². The third kappa shape index (κ3) is 3.34. The summed E-state index contributed by atoms with van der Waals surface area (Å²) in [6.45, 7) is 3.39. The van der Waals surface area contributed by atoms with Gasteiger partial charge in [0.1, 0.15) is 0 Å². The van der Waals surface area contributed by atoms with Crippen molar-refractivity contribution in [1.82, 2.24) is 5.32 Å². The van der Waals surface area contributed by atoms with Crippen LogP contribution in [0, 0.1) is 0 Å². The second-order valence-electron chi connectivity index (χ2n) is 2.65. The molecule has 0 aliphatic carbocycles. The Kier molecular flexibility index (Phi) is 4.28. The fourth-order valence-corrected chi connectivity index (χ4v) is 0.785. The average molecular weight is 173 g/mol. The molecule has 5 heteroatoms. The molecule has 0 bridgehead atoms. The minimum atomic E-state index is -0.526. The van der Waals surface area contributed by atoms with Gasteiger partial charge in [0.15, 0.2) is 0 Å². The summed E-state index contributed by atoms with van der Waals surface area (Å²) in [7, 11) is 0. The van der Waals surface area contributed by atoms with Gasteiger partial charge < -0.3 is 11.5 Å². The van der Waals surface area contributed by atoms with E-state index in [0.29, 0.717) is 6.42 Å². The van der Waals surface area contributed by atoms with Crippen LogP contribution in [0.1, 0.15) is 20.3 Å². The molecule has 2 amide bonds. The molecule has 0 fully saturated rings. The second kappa shape index (κ2) is 4.71. The van der Waals surface area contributed by atoms with Gasteiger partial charge in [-0.3, -0.25) is 14.9 Å². The summed E-state index contributed by atoms with van der Waals surface area (Å²) in [5.41, 5.74) is 10.0. The quantitative estimate of drug-likeness (QED) is 0.482. The van der Waals surface area contributed by atoms with Crippen LogP contribution in [0.3, 0.4) is 0 Å². The first-order valence-corrected chi connectivity index (χ1v) is 3.83. The van der Waals surface area contributed by atoms with Crippen molar-refractivity contribution in [2.45, 2.75) is 32.4 Å². The predicted molar refractivity (Wildman–Crippen MR) is 45.1 cm³/mol. The molecule has 0 saturated carbocycles. The SMILES string of the molecule is CCC(NC(C)C(N)=O)C(N)=O. The second-order valence-corrected chi connectivity index (χ2v) is 2.65. The lowest BCUT2D eigenvalue weighted by molar-refractivity contribution is -0.122. The number of amides is 2. The highest BCUT2D eigenvalue weighted by molar-refractivity contribution is 5.83. The lowest BCUT2D eigenvalue weighted by Crippen LogP contribution is -2.49. The summed E-state index contributed by atoms with van der Waals surface area (Å²) in [5, 5.41) is 2.72. The molecule has 5 nitrogen and oxygen atoms in total. The van der Waals surface area contributed by atoms with Gasteiger partial charge in [0.25, 0.3) is 0 Å². The Bertz CT molecular complexity index is 181. The minimum Gasteiger partial charge on any atom is -0.368 e. The summed E-state index contributed by atoms with van der Waals surface area (Å²) < 4.78 is 0. The first-order chi connectivity index (χ1) is 5.49. The molecule has 0 aliphatic rings. The van der Waals surface area contributed by atoms with E-state index in [1.165, 1.54) is 0 Å². The van der Waals surface area contributed by atoms with E-state index in [0.717, 1.165) is 0 Å². The summed E-state index contributed by atoms with van der Waals surface area (Å²) >= 11 is 0. The molecule has 0 heterocycles. The Morgan fingerprint density at radius 2 is 1.83 bits per heavy atom. The average Bonchev–Trinajstić information content (AvgIpc) is 1.98. The van der Waals surface area contributed by atoms with Crippen molar-refractivity contribution in [3.63, 3.8) is 0 Å². The zero-order valence-corrected chi connectivity index (χ0v) is 7.33. The Hall–Kier alpha value is -1.10. The van der Waals surface area contributed by atoms with Crippen LogP contribution in [0.4, 0.5) is 0 Å². The fraction of sp³-hybridized carbons (Fsp3) is 0.714. The molecule has 0 aromatic rings. The highest BCUT2D eigenvalue weighted by Crippen LogP contribution is 1.91. The highest BCUT2D eigenvalue weighted by atomic mass is 16.2. The van der Waals surface area contributed by atoms with Crippen LogP contribution in [0.25, 0.3) is 0 Å². The van der Waals surface area contributed by atoms with Crippen molar-refractivity contribution >= 4 is 11.8 Å². The number of nitrogens with two attached hydrogens (primary N) is 2. The standard InChI is InChI=1S/C7H15N3O2/c1-3-5(7(9)12)10-4(2)6(8)11/h4-5,10H,3H2,1-2H3,(H2,8,11)(H2,9,12). The molecule has 0 spiro atoms. The van der Waals surface area contributed by atoms with Crippen molar-refractivity contribution in [3.05, 3.63) is 0 Å². The van der Waals surface area contributed by atoms with Crippen LogP contribution in [-0.4, -0.2) is 23.9 Å². The number of hydrogen-bond acceptors (Lipinski definition) is 3. The van der Waals surface area contributed by atoms with E-state index in [4.69, 9.17) is 11.5 Å². The zero-order chi connectivity index (χ0) is 9.72. The highest BCUT2D eigenvalue weighted by Gasteiger charge is 2.17. The van der Waals surface area contributed by atoms with E-state index in [1.807, 2.05) is 0 Å². The summed E-state index contributed by atoms with van der Waals surface area (Å²) in [5.74, 6) is -0.958. The van der Waals surface area contributed by atoms with Crippen molar-refractivity contribution < 1.29 is 9.59 Å².